The van der Waals surface area contributed by atoms with Crippen LogP contribution in [0.5, 0.6) is 0 Å². The van der Waals surface area contributed by atoms with E-state index in [0.29, 0.717) is 17.7 Å². The molecule has 2 heterocycles. The summed E-state index contributed by atoms with van der Waals surface area (Å²) in [4.78, 5) is 17.0. The summed E-state index contributed by atoms with van der Waals surface area (Å²) in [7, 11) is 0. The Kier molecular flexibility index (Phi) is 4.60. The fourth-order valence-corrected chi connectivity index (χ4v) is 4.47. The van der Waals surface area contributed by atoms with E-state index in [-0.39, 0.29) is 11.9 Å². The van der Waals surface area contributed by atoms with Crippen LogP contribution < -0.4 is 16.2 Å². The molecule has 1 amide bonds. The zero-order valence-electron chi connectivity index (χ0n) is 13.5. The first kappa shape index (κ1) is 15.7. The number of hydrazine groups is 1. The molecule has 2 fully saturated rings. The fraction of sp³-hybridized carbons (Fsp3) is 0.444. The van der Waals surface area contributed by atoms with Crippen molar-refractivity contribution in [1.29, 1.82) is 0 Å². The Bertz CT molecular complexity index is 702. The molecule has 1 saturated heterocycles. The maximum absolute atomic E-state index is 12.5. The zero-order chi connectivity index (χ0) is 16.4. The summed E-state index contributed by atoms with van der Waals surface area (Å²) in [6.07, 6.45) is 3.96. The van der Waals surface area contributed by atoms with E-state index in [1.165, 1.54) is 5.56 Å². The van der Waals surface area contributed by atoms with Crippen LogP contribution in [0.2, 0.25) is 0 Å². The van der Waals surface area contributed by atoms with Crippen LogP contribution in [0.1, 0.15) is 40.3 Å². The highest BCUT2D eigenvalue weighted by Crippen LogP contribution is 2.27. The van der Waals surface area contributed by atoms with E-state index >= 15 is 0 Å². The molecule has 1 aliphatic carbocycles. The lowest BCUT2D eigenvalue weighted by molar-refractivity contribution is 0.0913. The molecule has 0 radical (unpaired) electrons. The summed E-state index contributed by atoms with van der Waals surface area (Å²) in [5.41, 5.74) is 8.31. The van der Waals surface area contributed by atoms with Crippen LogP contribution in [0.25, 0.3) is 0 Å². The molecular formula is C18H22N4OS. The molecule has 24 heavy (non-hydrogen) atoms. The van der Waals surface area contributed by atoms with Gasteiger partial charge in [-0.25, -0.2) is 4.98 Å². The number of hydrogen-bond donors (Lipinski definition) is 3. The van der Waals surface area contributed by atoms with Crippen molar-refractivity contribution in [2.45, 2.75) is 37.8 Å². The van der Waals surface area contributed by atoms with Gasteiger partial charge in [0, 0.05) is 30.4 Å². The van der Waals surface area contributed by atoms with E-state index in [1.54, 1.807) is 11.3 Å². The number of nitrogens with one attached hydrogen (secondary N) is 3. The van der Waals surface area contributed by atoms with E-state index in [9.17, 15) is 4.79 Å². The second-order valence-electron chi connectivity index (χ2n) is 6.66. The zero-order valence-corrected chi connectivity index (χ0v) is 14.3. The summed E-state index contributed by atoms with van der Waals surface area (Å²) in [5.74, 6) is 0.584. The van der Waals surface area contributed by atoms with Gasteiger partial charge in [0.05, 0.1) is 5.01 Å². The molecular weight excluding hydrogens is 320 g/mol. The second-order valence-corrected chi connectivity index (χ2v) is 7.61. The van der Waals surface area contributed by atoms with Crippen LogP contribution in [0, 0.1) is 5.92 Å². The van der Waals surface area contributed by atoms with Gasteiger partial charge >= 0.3 is 0 Å². The summed E-state index contributed by atoms with van der Waals surface area (Å²) < 4.78 is 0. The Labute approximate surface area is 145 Å². The van der Waals surface area contributed by atoms with Gasteiger partial charge in [-0.3, -0.25) is 15.6 Å². The predicted molar refractivity (Wildman–Crippen MR) is 94.9 cm³/mol. The Morgan fingerprint density at radius 2 is 2.17 bits per heavy atom. The van der Waals surface area contributed by atoms with Crippen molar-refractivity contribution in [3.8, 4) is 0 Å². The van der Waals surface area contributed by atoms with Gasteiger partial charge in [0.25, 0.3) is 5.91 Å². The number of thiazole rings is 1. The van der Waals surface area contributed by atoms with Gasteiger partial charge < -0.3 is 5.32 Å². The summed E-state index contributed by atoms with van der Waals surface area (Å²) >= 11 is 1.56. The van der Waals surface area contributed by atoms with E-state index in [2.05, 4.69) is 33.3 Å². The Morgan fingerprint density at radius 1 is 1.29 bits per heavy atom. The number of fused-ring (bicyclic) bond motifs is 1. The third-order valence-electron chi connectivity index (χ3n) is 4.95. The molecule has 5 nitrogen and oxygen atoms in total. The molecule has 2 aliphatic rings. The third-order valence-corrected chi connectivity index (χ3v) is 5.80. The highest BCUT2D eigenvalue weighted by atomic mass is 32.1. The Morgan fingerprint density at radius 3 is 3.04 bits per heavy atom. The van der Waals surface area contributed by atoms with Crippen molar-refractivity contribution in [1.82, 2.24) is 21.2 Å². The Hall–Kier alpha value is -1.76. The molecule has 4 rings (SSSR count). The molecule has 1 saturated carbocycles. The molecule has 3 N–H and O–H groups in total. The van der Waals surface area contributed by atoms with Gasteiger partial charge in [-0.2, -0.15) is 0 Å². The predicted octanol–water partition coefficient (Wildman–Crippen LogP) is 2.11. The standard InChI is InChI=1S/C18H22N4OS/c23-18(20-14-6-7-15-13(9-14)10-19-22-15)16-11-24-17(21-16)8-12-4-2-1-3-5-12/h1-5,11,13-15,19,22H,6-10H2,(H,20,23). The third kappa shape index (κ3) is 3.50. The lowest BCUT2D eigenvalue weighted by Gasteiger charge is -2.31. The van der Waals surface area contributed by atoms with Crippen LogP contribution in [-0.4, -0.2) is 29.5 Å². The summed E-state index contributed by atoms with van der Waals surface area (Å²) in [5, 5.41) is 6.03. The SMILES string of the molecule is O=C(NC1CCC2NNCC2C1)c1csc(Cc2ccccc2)n1. The number of hydrogen-bond acceptors (Lipinski definition) is 5. The molecule has 3 atom stereocenters. The van der Waals surface area contributed by atoms with E-state index in [1.807, 2.05) is 23.6 Å². The van der Waals surface area contributed by atoms with Crippen molar-refractivity contribution in [3.05, 3.63) is 52.0 Å². The minimum Gasteiger partial charge on any atom is -0.348 e. The van der Waals surface area contributed by atoms with Gasteiger partial charge in [-0.15, -0.1) is 11.3 Å². The molecule has 126 valence electrons. The van der Waals surface area contributed by atoms with Crippen LogP contribution in [0.4, 0.5) is 0 Å². The number of nitrogens with zero attached hydrogens (tertiary/aromatic N) is 1. The minimum absolute atomic E-state index is 0.0343. The molecule has 0 bridgehead atoms. The number of carbonyl (C=O) groups excluding carboxylic acids is 1. The number of amides is 1. The van der Waals surface area contributed by atoms with Crippen molar-refractivity contribution in [2.24, 2.45) is 5.92 Å². The average molecular weight is 342 g/mol. The van der Waals surface area contributed by atoms with E-state index < -0.39 is 0 Å². The molecule has 2 aromatic rings. The number of aromatic nitrogens is 1. The molecule has 6 heteroatoms. The lowest BCUT2D eigenvalue weighted by atomic mass is 9.83. The number of rotatable bonds is 4. The number of benzene rings is 1. The van der Waals surface area contributed by atoms with Crippen molar-refractivity contribution in [3.63, 3.8) is 0 Å². The number of carbonyl (C=O) groups is 1. The van der Waals surface area contributed by atoms with Crippen LogP contribution in [-0.2, 0) is 6.42 Å². The minimum atomic E-state index is -0.0343. The largest absolute Gasteiger partial charge is 0.348 e. The van der Waals surface area contributed by atoms with Crippen LogP contribution >= 0.6 is 11.3 Å². The van der Waals surface area contributed by atoms with Gasteiger partial charge in [0.1, 0.15) is 5.69 Å². The first-order valence-electron chi connectivity index (χ1n) is 8.55. The Balaban J connectivity index is 1.35. The fourth-order valence-electron chi connectivity index (χ4n) is 3.66. The second kappa shape index (κ2) is 7.01. The molecule has 1 aliphatic heterocycles. The van der Waals surface area contributed by atoms with Gasteiger partial charge in [-0.05, 0) is 30.7 Å². The van der Waals surface area contributed by atoms with Crippen molar-refractivity contribution in [2.75, 3.05) is 6.54 Å². The van der Waals surface area contributed by atoms with E-state index in [0.717, 1.165) is 37.2 Å². The highest BCUT2D eigenvalue weighted by molar-refractivity contribution is 7.09. The van der Waals surface area contributed by atoms with Gasteiger partial charge in [0.15, 0.2) is 0 Å². The summed E-state index contributed by atoms with van der Waals surface area (Å²) in [6, 6.07) is 11.1. The quantitative estimate of drug-likeness (QED) is 0.796. The van der Waals surface area contributed by atoms with E-state index in [4.69, 9.17) is 0 Å². The molecule has 3 unspecified atom stereocenters. The average Bonchev–Trinajstić information content (AvgIpc) is 3.24. The van der Waals surface area contributed by atoms with Crippen LogP contribution in [0.15, 0.2) is 35.7 Å². The maximum Gasteiger partial charge on any atom is 0.270 e. The topological polar surface area (TPSA) is 66.1 Å². The van der Waals surface area contributed by atoms with Crippen LogP contribution in [0.3, 0.4) is 0 Å². The monoisotopic (exact) mass is 342 g/mol. The summed E-state index contributed by atoms with van der Waals surface area (Å²) in [6.45, 7) is 0.995. The van der Waals surface area contributed by atoms with Gasteiger partial charge in [-0.1, -0.05) is 30.3 Å². The van der Waals surface area contributed by atoms with Gasteiger partial charge in [0.2, 0.25) is 0 Å². The maximum atomic E-state index is 12.5. The normalized spacial score (nSPS) is 26.1. The van der Waals surface area contributed by atoms with Crippen molar-refractivity contribution < 1.29 is 4.79 Å². The first-order valence-corrected chi connectivity index (χ1v) is 9.43. The molecule has 1 aromatic heterocycles. The lowest BCUT2D eigenvalue weighted by Crippen LogP contribution is -2.44. The van der Waals surface area contributed by atoms with Crippen molar-refractivity contribution >= 4 is 17.2 Å². The molecule has 0 spiro atoms. The highest BCUT2D eigenvalue weighted by Gasteiger charge is 2.34. The first-order chi connectivity index (χ1) is 11.8. The molecule has 1 aromatic carbocycles. The smallest absolute Gasteiger partial charge is 0.270 e.